The number of halogens is 4. The van der Waals surface area contributed by atoms with Crippen molar-refractivity contribution in [3.8, 4) is 33.4 Å². The lowest BCUT2D eigenvalue weighted by Gasteiger charge is -2.42. The van der Waals surface area contributed by atoms with Crippen molar-refractivity contribution >= 4 is 34.1 Å². The van der Waals surface area contributed by atoms with Crippen molar-refractivity contribution in [1.82, 2.24) is 0 Å². The molecule has 0 aromatic heterocycles. The molecule has 1 aliphatic heterocycles. The van der Waals surface area contributed by atoms with Gasteiger partial charge in [-0.15, -0.1) is 0 Å². The van der Waals surface area contributed by atoms with Crippen LogP contribution in [0.2, 0.25) is 0 Å². The van der Waals surface area contributed by atoms with E-state index < -0.39 is 39.9 Å². The minimum atomic E-state index is -1.50. The van der Waals surface area contributed by atoms with Crippen LogP contribution in [0, 0.1) is 23.3 Å². The van der Waals surface area contributed by atoms with Crippen LogP contribution in [0.25, 0.3) is 33.4 Å². The molecule has 0 radical (unpaired) electrons. The second kappa shape index (κ2) is 14.3. The predicted octanol–water partition coefficient (Wildman–Crippen LogP) is 14.8. The van der Waals surface area contributed by atoms with Crippen LogP contribution in [0.5, 0.6) is 0 Å². The van der Waals surface area contributed by atoms with Crippen LogP contribution >= 0.6 is 0 Å². The minimum absolute atomic E-state index is 0.0234. The standard InChI is InChI=1S/C51H36F4N2/c1-51(2)41-31-36(34-17-9-4-10-18-34)25-29-43(41)57(39-21-13-6-14-22-39)44-30-26-37(32-42(44)51)45-46(52)48(54)50(49(55)47(45)53)56(38-19-11-5-12-20-38)40-27-23-35(24-28-40)33-15-7-3-8-16-33/h3-32H,1-2H3. The average molecular weight is 753 g/mol. The molecule has 0 spiro atoms. The summed E-state index contributed by atoms with van der Waals surface area (Å²) in [5, 5.41) is 0. The fourth-order valence-electron chi connectivity index (χ4n) is 8.05. The van der Waals surface area contributed by atoms with Gasteiger partial charge in [0.2, 0.25) is 0 Å². The first-order valence-corrected chi connectivity index (χ1v) is 18.8. The van der Waals surface area contributed by atoms with Crippen molar-refractivity contribution in [2.75, 3.05) is 9.80 Å². The molecule has 0 atom stereocenters. The molecule has 1 heterocycles. The van der Waals surface area contributed by atoms with Crippen LogP contribution in [-0.4, -0.2) is 0 Å². The highest BCUT2D eigenvalue weighted by molar-refractivity contribution is 5.89. The highest BCUT2D eigenvalue weighted by Crippen LogP contribution is 2.54. The molecule has 8 aromatic carbocycles. The monoisotopic (exact) mass is 752 g/mol. The molecule has 0 N–H and O–H groups in total. The zero-order valence-corrected chi connectivity index (χ0v) is 31.2. The van der Waals surface area contributed by atoms with Crippen LogP contribution in [0.15, 0.2) is 182 Å². The van der Waals surface area contributed by atoms with Crippen LogP contribution < -0.4 is 9.80 Å². The van der Waals surface area contributed by atoms with Crippen LogP contribution in [-0.2, 0) is 5.41 Å². The van der Waals surface area contributed by atoms with Gasteiger partial charge in [0.15, 0.2) is 23.3 Å². The lowest BCUT2D eigenvalue weighted by Crippen LogP contribution is -2.30. The highest BCUT2D eigenvalue weighted by atomic mass is 19.2. The Morgan fingerprint density at radius 1 is 0.404 bits per heavy atom. The summed E-state index contributed by atoms with van der Waals surface area (Å²) in [6, 6.07) is 56.3. The van der Waals surface area contributed by atoms with Gasteiger partial charge in [-0.05, 0) is 99.6 Å². The fourth-order valence-corrected chi connectivity index (χ4v) is 8.05. The predicted molar refractivity (Wildman–Crippen MR) is 224 cm³/mol. The molecular weight excluding hydrogens is 717 g/mol. The molecule has 0 fully saturated rings. The Hall–Kier alpha value is -6.92. The third-order valence-corrected chi connectivity index (χ3v) is 10.9. The molecule has 2 nitrogen and oxygen atoms in total. The molecule has 57 heavy (non-hydrogen) atoms. The van der Waals surface area contributed by atoms with Gasteiger partial charge in [-0.1, -0.05) is 135 Å². The molecule has 0 bridgehead atoms. The van der Waals surface area contributed by atoms with Gasteiger partial charge in [0.1, 0.15) is 5.69 Å². The summed E-state index contributed by atoms with van der Waals surface area (Å²) in [4.78, 5) is 3.33. The van der Waals surface area contributed by atoms with Crippen molar-refractivity contribution in [1.29, 1.82) is 0 Å². The Bertz CT molecular complexity index is 2710. The van der Waals surface area contributed by atoms with E-state index in [-0.39, 0.29) is 5.56 Å². The number of hydrogen-bond donors (Lipinski definition) is 0. The number of fused-ring (bicyclic) bond motifs is 2. The van der Waals surface area contributed by atoms with E-state index in [0.29, 0.717) is 11.4 Å². The van der Waals surface area contributed by atoms with Gasteiger partial charge in [-0.2, -0.15) is 0 Å². The van der Waals surface area contributed by atoms with E-state index in [9.17, 15) is 0 Å². The van der Waals surface area contributed by atoms with E-state index in [1.165, 1.54) is 11.0 Å². The smallest absolute Gasteiger partial charge is 0.186 e. The van der Waals surface area contributed by atoms with Gasteiger partial charge in [0, 0.05) is 22.5 Å². The molecule has 9 rings (SSSR count). The molecule has 1 aliphatic rings. The summed E-state index contributed by atoms with van der Waals surface area (Å²) in [6.45, 7) is 4.12. The normalized spacial score (nSPS) is 12.8. The van der Waals surface area contributed by atoms with Crippen molar-refractivity contribution in [2.24, 2.45) is 0 Å². The Morgan fingerprint density at radius 3 is 1.35 bits per heavy atom. The molecule has 0 aliphatic carbocycles. The number of rotatable bonds is 7. The zero-order valence-electron chi connectivity index (χ0n) is 31.2. The van der Waals surface area contributed by atoms with E-state index in [1.807, 2.05) is 91.0 Å². The second-order valence-electron chi connectivity index (χ2n) is 14.7. The minimum Gasteiger partial charge on any atom is -0.310 e. The third-order valence-electron chi connectivity index (χ3n) is 10.9. The topological polar surface area (TPSA) is 6.48 Å². The number of anilines is 6. The summed E-state index contributed by atoms with van der Waals surface area (Å²) in [6.07, 6.45) is 0. The molecule has 0 unspecified atom stereocenters. The third kappa shape index (κ3) is 6.14. The molecule has 278 valence electrons. The largest absolute Gasteiger partial charge is 0.310 e. The Labute approximate surface area is 329 Å². The number of para-hydroxylation sites is 2. The highest BCUT2D eigenvalue weighted by Gasteiger charge is 2.39. The average Bonchev–Trinajstić information content (AvgIpc) is 3.26. The summed E-state index contributed by atoms with van der Waals surface area (Å²) in [5.41, 5.74) is 6.67. The first-order valence-electron chi connectivity index (χ1n) is 18.8. The van der Waals surface area contributed by atoms with Crippen molar-refractivity contribution in [2.45, 2.75) is 19.3 Å². The number of benzene rings is 8. The maximum atomic E-state index is 16.7. The van der Waals surface area contributed by atoms with Crippen molar-refractivity contribution in [3.63, 3.8) is 0 Å². The van der Waals surface area contributed by atoms with E-state index in [1.54, 1.807) is 54.6 Å². The summed E-state index contributed by atoms with van der Waals surface area (Å²) in [5.74, 6) is -5.96. The number of nitrogens with zero attached hydrogens (tertiary/aromatic N) is 2. The van der Waals surface area contributed by atoms with Gasteiger partial charge >= 0.3 is 0 Å². The number of hydrogen-bond acceptors (Lipinski definition) is 2. The maximum Gasteiger partial charge on any atom is 0.186 e. The second-order valence-corrected chi connectivity index (χ2v) is 14.7. The van der Waals surface area contributed by atoms with E-state index >= 15 is 17.6 Å². The van der Waals surface area contributed by atoms with E-state index in [0.717, 1.165) is 50.4 Å². The van der Waals surface area contributed by atoms with Gasteiger partial charge in [-0.25, -0.2) is 17.6 Å². The lowest BCUT2D eigenvalue weighted by molar-refractivity contribution is 0.461. The van der Waals surface area contributed by atoms with E-state index in [4.69, 9.17) is 0 Å². The maximum absolute atomic E-state index is 16.7. The van der Waals surface area contributed by atoms with Crippen molar-refractivity contribution < 1.29 is 17.6 Å². The van der Waals surface area contributed by atoms with Crippen LogP contribution in [0.1, 0.15) is 25.0 Å². The van der Waals surface area contributed by atoms with Gasteiger partial charge < -0.3 is 9.80 Å². The first-order chi connectivity index (χ1) is 27.7. The summed E-state index contributed by atoms with van der Waals surface area (Å²) >= 11 is 0. The van der Waals surface area contributed by atoms with Gasteiger partial charge in [-0.3, -0.25) is 0 Å². The summed E-state index contributed by atoms with van der Waals surface area (Å²) in [7, 11) is 0. The fraction of sp³-hybridized carbons (Fsp3) is 0.0588. The molecule has 0 saturated heterocycles. The Morgan fingerprint density at radius 2 is 0.807 bits per heavy atom. The first kappa shape index (κ1) is 35.8. The molecule has 0 amide bonds. The van der Waals surface area contributed by atoms with E-state index in [2.05, 4.69) is 49.1 Å². The SMILES string of the molecule is CC1(C)c2cc(-c3ccccc3)ccc2N(c2ccccc2)c2ccc(-c3c(F)c(F)c(N(c4ccccc4)c4ccc(-c5ccccc5)cc4)c(F)c3F)cc21. The van der Waals surface area contributed by atoms with Crippen LogP contribution in [0.3, 0.4) is 0 Å². The zero-order chi connectivity index (χ0) is 39.3. The Balaban J connectivity index is 1.19. The molecule has 8 aromatic rings. The van der Waals surface area contributed by atoms with Crippen LogP contribution in [0.4, 0.5) is 51.7 Å². The quantitative estimate of drug-likeness (QED) is 0.118. The lowest BCUT2D eigenvalue weighted by atomic mass is 9.72. The molecule has 0 saturated carbocycles. The molecular formula is C51H36F4N2. The summed E-state index contributed by atoms with van der Waals surface area (Å²) < 4.78 is 66.8. The van der Waals surface area contributed by atoms with Crippen molar-refractivity contribution in [3.05, 3.63) is 216 Å². The Kier molecular flexibility index (Phi) is 8.97. The van der Waals surface area contributed by atoms with Gasteiger partial charge in [0.25, 0.3) is 0 Å². The molecule has 6 heteroatoms. The van der Waals surface area contributed by atoms with Gasteiger partial charge in [0.05, 0.1) is 16.9 Å².